The van der Waals surface area contributed by atoms with Gasteiger partial charge in [-0.3, -0.25) is 19.5 Å². The molecular weight excluding hydrogens is 288 g/mol. The van der Waals surface area contributed by atoms with Crippen LogP contribution < -0.4 is 0 Å². The van der Waals surface area contributed by atoms with Gasteiger partial charge in [0.2, 0.25) is 0 Å². The van der Waals surface area contributed by atoms with Crippen molar-refractivity contribution in [3.63, 3.8) is 0 Å². The predicted molar refractivity (Wildman–Crippen MR) is 89.6 cm³/mol. The lowest BCUT2D eigenvalue weighted by Crippen LogP contribution is -2.33. The number of rotatable bonds is 5. The van der Waals surface area contributed by atoms with Gasteiger partial charge in [-0.2, -0.15) is 0 Å². The zero-order valence-corrected chi connectivity index (χ0v) is 14.1. The van der Waals surface area contributed by atoms with Crippen molar-refractivity contribution in [2.45, 2.75) is 38.4 Å². The first-order valence-electron chi connectivity index (χ1n) is 8.38. The van der Waals surface area contributed by atoms with Crippen molar-refractivity contribution >= 4 is 0 Å². The smallest absolute Gasteiger partial charge is 0.0738 e. The first-order valence-corrected chi connectivity index (χ1v) is 8.38. The van der Waals surface area contributed by atoms with Crippen LogP contribution in [-0.2, 0) is 20.1 Å². The van der Waals surface area contributed by atoms with E-state index in [0.717, 1.165) is 31.9 Å². The summed E-state index contributed by atoms with van der Waals surface area (Å²) in [6, 6.07) is 6.77. The van der Waals surface area contributed by atoms with E-state index < -0.39 is 0 Å². The molecule has 1 saturated heterocycles. The SMILES string of the molecule is CN(Cc1ccccn1)[C@@H]1CCCN(Cc2cnnn2C)CC1. The molecule has 1 aliphatic heterocycles. The van der Waals surface area contributed by atoms with E-state index in [1.165, 1.54) is 25.0 Å². The number of likely N-dealkylation sites (tertiary alicyclic amines) is 1. The third kappa shape index (κ3) is 4.36. The summed E-state index contributed by atoms with van der Waals surface area (Å²) in [6.07, 6.45) is 7.44. The van der Waals surface area contributed by atoms with Gasteiger partial charge < -0.3 is 0 Å². The number of nitrogens with zero attached hydrogens (tertiary/aromatic N) is 6. The lowest BCUT2D eigenvalue weighted by Gasteiger charge is -2.27. The monoisotopic (exact) mass is 314 g/mol. The highest BCUT2D eigenvalue weighted by molar-refractivity contribution is 5.03. The standard InChI is InChI=1S/C17H26N6/c1-21(13-15-6-3-4-9-18-15)16-7-5-10-23(11-8-16)14-17-12-19-20-22(17)2/h3-4,6,9,12,16H,5,7-8,10-11,13-14H2,1-2H3/t16-/m1/s1. The van der Waals surface area contributed by atoms with Crippen molar-refractivity contribution in [2.75, 3.05) is 20.1 Å². The Kier molecular flexibility index (Phi) is 5.35. The van der Waals surface area contributed by atoms with E-state index in [4.69, 9.17) is 0 Å². The van der Waals surface area contributed by atoms with Gasteiger partial charge in [0.15, 0.2) is 0 Å². The molecule has 6 heteroatoms. The molecular formula is C17H26N6. The minimum atomic E-state index is 0.631. The van der Waals surface area contributed by atoms with E-state index in [0.29, 0.717) is 6.04 Å². The van der Waals surface area contributed by atoms with Crippen LogP contribution in [0.3, 0.4) is 0 Å². The largest absolute Gasteiger partial charge is 0.298 e. The van der Waals surface area contributed by atoms with E-state index in [9.17, 15) is 0 Å². The van der Waals surface area contributed by atoms with Crippen LogP contribution in [0.4, 0.5) is 0 Å². The summed E-state index contributed by atoms with van der Waals surface area (Å²) in [5.41, 5.74) is 2.34. The van der Waals surface area contributed by atoms with E-state index in [1.807, 2.05) is 30.2 Å². The summed E-state index contributed by atoms with van der Waals surface area (Å²) in [7, 11) is 4.18. The molecule has 0 spiro atoms. The van der Waals surface area contributed by atoms with Crippen LogP contribution in [0.5, 0.6) is 0 Å². The Labute approximate surface area is 138 Å². The third-order valence-electron chi connectivity index (χ3n) is 4.74. The highest BCUT2D eigenvalue weighted by Crippen LogP contribution is 2.18. The number of aromatic nitrogens is 4. The molecule has 3 heterocycles. The molecule has 0 bridgehead atoms. The van der Waals surface area contributed by atoms with Crippen LogP contribution in [0, 0.1) is 0 Å². The topological polar surface area (TPSA) is 50.1 Å². The lowest BCUT2D eigenvalue weighted by atomic mass is 10.1. The van der Waals surface area contributed by atoms with Gasteiger partial charge in [-0.1, -0.05) is 11.3 Å². The summed E-state index contributed by atoms with van der Waals surface area (Å²) in [4.78, 5) is 9.42. The summed E-state index contributed by atoms with van der Waals surface area (Å²) in [6.45, 7) is 4.15. The second-order valence-electron chi connectivity index (χ2n) is 6.45. The molecule has 0 radical (unpaired) electrons. The molecule has 0 unspecified atom stereocenters. The van der Waals surface area contributed by atoms with Crippen LogP contribution in [0.1, 0.15) is 30.7 Å². The van der Waals surface area contributed by atoms with Crippen molar-refractivity contribution in [1.82, 2.24) is 29.8 Å². The zero-order valence-electron chi connectivity index (χ0n) is 14.1. The average Bonchev–Trinajstić information content (AvgIpc) is 2.82. The fourth-order valence-corrected chi connectivity index (χ4v) is 3.30. The molecule has 6 nitrogen and oxygen atoms in total. The Morgan fingerprint density at radius 2 is 2.17 bits per heavy atom. The lowest BCUT2D eigenvalue weighted by molar-refractivity contribution is 0.203. The maximum absolute atomic E-state index is 4.44. The van der Waals surface area contributed by atoms with Crippen LogP contribution in [0.25, 0.3) is 0 Å². The number of hydrogen-bond donors (Lipinski definition) is 0. The minimum Gasteiger partial charge on any atom is -0.298 e. The van der Waals surface area contributed by atoms with E-state index in [1.54, 1.807) is 0 Å². The molecule has 23 heavy (non-hydrogen) atoms. The van der Waals surface area contributed by atoms with E-state index >= 15 is 0 Å². The summed E-state index contributed by atoms with van der Waals surface area (Å²) >= 11 is 0. The second-order valence-corrected chi connectivity index (χ2v) is 6.45. The Bertz CT molecular complexity index is 596. The highest BCUT2D eigenvalue weighted by atomic mass is 15.4. The van der Waals surface area contributed by atoms with Crippen LogP contribution in [0.2, 0.25) is 0 Å². The van der Waals surface area contributed by atoms with E-state index in [-0.39, 0.29) is 0 Å². The molecule has 1 aliphatic rings. The molecule has 0 saturated carbocycles. The van der Waals surface area contributed by atoms with Gasteiger partial charge in [0.25, 0.3) is 0 Å². The molecule has 2 aromatic rings. The Balaban J connectivity index is 1.52. The molecule has 1 atom stereocenters. The van der Waals surface area contributed by atoms with Crippen molar-refractivity contribution < 1.29 is 0 Å². The van der Waals surface area contributed by atoms with E-state index in [2.05, 4.69) is 44.3 Å². The molecule has 2 aromatic heterocycles. The molecule has 0 aromatic carbocycles. The van der Waals surface area contributed by atoms with Crippen LogP contribution in [-0.4, -0.2) is 56.0 Å². The van der Waals surface area contributed by atoms with Gasteiger partial charge in [-0.05, 0) is 45.0 Å². The fourth-order valence-electron chi connectivity index (χ4n) is 3.30. The molecule has 0 N–H and O–H groups in total. The van der Waals surface area contributed by atoms with Gasteiger partial charge in [0.1, 0.15) is 0 Å². The maximum Gasteiger partial charge on any atom is 0.0738 e. The van der Waals surface area contributed by atoms with Gasteiger partial charge in [0, 0.05) is 38.9 Å². The first kappa shape index (κ1) is 16.1. The minimum absolute atomic E-state index is 0.631. The van der Waals surface area contributed by atoms with Crippen molar-refractivity contribution in [1.29, 1.82) is 0 Å². The maximum atomic E-state index is 4.44. The zero-order chi connectivity index (χ0) is 16.1. The second kappa shape index (κ2) is 7.66. The fraction of sp³-hybridized carbons (Fsp3) is 0.588. The average molecular weight is 314 g/mol. The molecule has 1 fully saturated rings. The van der Waals surface area contributed by atoms with Crippen molar-refractivity contribution in [3.05, 3.63) is 42.0 Å². The van der Waals surface area contributed by atoms with Gasteiger partial charge in [-0.25, -0.2) is 0 Å². The predicted octanol–water partition coefficient (Wildman–Crippen LogP) is 1.70. The van der Waals surface area contributed by atoms with Crippen LogP contribution in [0.15, 0.2) is 30.6 Å². The van der Waals surface area contributed by atoms with Crippen molar-refractivity contribution in [2.24, 2.45) is 7.05 Å². The Morgan fingerprint density at radius 3 is 2.91 bits per heavy atom. The third-order valence-corrected chi connectivity index (χ3v) is 4.74. The highest BCUT2D eigenvalue weighted by Gasteiger charge is 2.21. The van der Waals surface area contributed by atoms with Gasteiger partial charge in [0.05, 0.1) is 17.6 Å². The van der Waals surface area contributed by atoms with Gasteiger partial charge >= 0.3 is 0 Å². The van der Waals surface area contributed by atoms with Crippen molar-refractivity contribution in [3.8, 4) is 0 Å². The normalized spacial score (nSPS) is 19.9. The Hall–Kier alpha value is -1.79. The quantitative estimate of drug-likeness (QED) is 0.841. The number of hydrogen-bond acceptors (Lipinski definition) is 5. The Morgan fingerprint density at radius 1 is 1.26 bits per heavy atom. The summed E-state index contributed by atoms with van der Waals surface area (Å²) < 4.78 is 1.87. The summed E-state index contributed by atoms with van der Waals surface area (Å²) in [5, 5.41) is 7.99. The molecule has 0 aliphatic carbocycles. The molecule has 124 valence electrons. The number of pyridine rings is 1. The summed E-state index contributed by atoms with van der Waals surface area (Å²) in [5.74, 6) is 0. The van der Waals surface area contributed by atoms with Crippen LogP contribution >= 0.6 is 0 Å². The molecule has 3 rings (SSSR count). The van der Waals surface area contributed by atoms with Gasteiger partial charge in [-0.15, -0.1) is 5.10 Å². The molecule has 0 amide bonds. The number of aryl methyl sites for hydroxylation is 1. The first-order chi connectivity index (χ1) is 11.2.